The maximum atomic E-state index is 12.3. The van der Waals surface area contributed by atoms with Crippen LogP contribution in [-0.2, 0) is 4.79 Å². The third-order valence-electron chi connectivity index (χ3n) is 5.84. The van der Waals surface area contributed by atoms with Gasteiger partial charge in [0.05, 0.1) is 0 Å². The predicted octanol–water partition coefficient (Wildman–Crippen LogP) is 1.88. The summed E-state index contributed by atoms with van der Waals surface area (Å²) in [5.41, 5.74) is 5.38. The van der Waals surface area contributed by atoms with Crippen molar-refractivity contribution in [3.8, 4) is 0 Å². The van der Waals surface area contributed by atoms with Crippen LogP contribution in [0.15, 0.2) is 0 Å². The van der Waals surface area contributed by atoms with Crippen LogP contribution in [0.5, 0.6) is 0 Å². The van der Waals surface area contributed by atoms with Crippen molar-refractivity contribution in [3.05, 3.63) is 0 Å². The average molecular weight is 293 g/mol. The van der Waals surface area contributed by atoms with Gasteiger partial charge in [-0.1, -0.05) is 12.8 Å². The predicted molar refractivity (Wildman–Crippen MR) is 84.9 cm³/mol. The van der Waals surface area contributed by atoms with E-state index in [0.29, 0.717) is 18.0 Å². The largest absolute Gasteiger partial charge is 0.368 e. The minimum absolute atomic E-state index is 0.141. The molecule has 0 aromatic heterocycles. The van der Waals surface area contributed by atoms with Crippen molar-refractivity contribution in [2.45, 2.75) is 76.4 Å². The van der Waals surface area contributed by atoms with Crippen LogP contribution >= 0.6 is 0 Å². The molecule has 4 nitrogen and oxygen atoms in total. The van der Waals surface area contributed by atoms with E-state index in [-0.39, 0.29) is 5.91 Å². The fourth-order valence-corrected chi connectivity index (χ4v) is 4.75. The quantitative estimate of drug-likeness (QED) is 0.786. The molecule has 3 atom stereocenters. The maximum absolute atomic E-state index is 12.3. The van der Waals surface area contributed by atoms with Gasteiger partial charge in [-0.25, -0.2) is 0 Å². The number of nitrogens with two attached hydrogens (primary N) is 1. The van der Waals surface area contributed by atoms with Gasteiger partial charge < -0.3 is 5.73 Å². The van der Waals surface area contributed by atoms with Gasteiger partial charge in [0.2, 0.25) is 5.91 Å². The molecule has 3 rings (SSSR count). The minimum Gasteiger partial charge on any atom is -0.368 e. The second kappa shape index (κ2) is 5.88. The number of nitrogens with one attached hydrogen (secondary N) is 1. The van der Waals surface area contributed by atoms with E-state index in [2.05, 4.69) is 24.1 Å². The number of amides is 1. The summed E-state index contributed by atoms with van der Waals surface area (Å²) in [7, 11) is 0. The van der Waals surface area contributed by atoms with E-state index in [0.717, 1.165) is 31.8 Å². The number of carbonyl (C=O) groups is 1. The highest BCUT2D eigenvalue weighted by Crippen LogP contribution is 2.43. The lowest BCUT2D eigenvalue weighted by Gasteiger charge is -2.41. The summed E-state index contributed by atoms with van der Waals surface area (Å²) in [4.78, 5) is 14.9. The average Bonchev–Trinajstić information content (AvgIpc) is 3.21. The van der Waals surface area contributed by atoms with Gasteiger partial charge in [0.1, 0.15) is 5.54 Å². The fraction of sp³-hybridized carbons (Fsp3) is 0.941. The molecule has 0 aromatic carbocycles. The Morgan fingerprint density at radius 3 is 2.57 bits per heavy atom. The lowest BCUT2D eigenvalue weighted by Crippen LogP contribution is -2.65. The van der Waals surface area contributed by atoms with E-state index in [4.69, 9.17) is 5.73 Å². The molecule has 1 aliphatic heterocycles. The first-order valence-electron chi connectivity index (χ1n) is 8.84. The second-order valence-electron chi connectivity index (χ2n) is 7.78. The second-order valence-corrected chi connectivity index (χ2v) is 7.78. The first kappa shape index (κ1) is 15.3. The molecule has 0 radical (unpaired) electrons. The molecule has 1 amide bonds. The number of hydrogen-bond acceptors (Lipinski definition) is 3. The molecule has 0 bridgehead atoms. The smallest absolute Gasteiger partial charge is 0.239 e. The van der Waals surface area contributed by atoms with Gasteiger partial charge in [-0.2, -0.15) is 0 Å². The molecule has 4 heteroatoms. The zero-order chi connectivity index (χ0) is 15.0. The molecular weight excluding hydrogens is 262 g/mol. The summed E-state index contributed by atoms with van der Waals surface area (Å²) >= 11 is 0. The zero-order valence-corrected chi connectivity index (χ0v) is 13.6. The van der Waals surface area contributed by atoms with Crippen LogP contribution in [0.2, 0.25) is 0 Å². The Hall–Kier alpha value is -0.610. The molecule has 2 aliphatic carbocycles. The maximum Gasteiger partial charge on any atom is 0.239 e. The summed E-state index contributed by atoms with van der Waals surface area (Å²) in [6.45, 7) is 6.21. The van der Waals surface area contributed by atoms with Crippen molar-refractivity contribution in [1.29, 1.82) is 0 Å². The highest BCUT2D eigenvalue weighted by molar-refractivity contribution is 5.86. The van der Waals surface area contributed by atoms with Crippen molar-refractivity contribution < 1.29 is 4.79 Å². The summed E-state index contributed by atoms with van der Waals surface area (Å²) in [5, 5.41) is 3.56. The standard InChI is InChI=1S/C17H31N3O/c1-12(2)19-17(16(18)21,14-7-8-14)11-20-10-9-13-5-3-4-6-15(13)20/h12-15,19H,3-11H2,1-2H3,(H2,18,21). The van der Waals surface area contributed by atoms with Crippen LogP contribution in [0, 0.1) is 11.8 Å². The highest BCUT2D eigenvalue weighted by Gasteiger charge is 2.52. The lowest BCUT2D eigenvalue weighted by molar-refractivity contribution is -0.126. The highest BCUT2D eigenvalue weighted by atomic mass is 16.1. The van der Waals surface area contributed by atoms with Crippen molar-refractivity contribution in [2.75, 3.05) is 13.1 Å². The molecule has 21 heavy (non-hydrogen) atoms. The normalized spacial score (nSPS) is 32.9. The van der Waals surface area contributed by atoms with Crippen molar-refractivity contribution in [1.82, 2.24) is 10.2 Å². The molecule has 3 unspecified atom stereocenters. The Kier molecular flexibility index (Phi) is 4.28. The number of hydrogen-bond donors (Lipinski definition) is 2. The first-order valence-corrected chi connectivity index (χ1v) is 8.84. The van der Waals surface area contributed by atoms with Gasteiger partial charge in [-0.3, -0.25) is 15.0 Å². The third-order valence-corrected chi connectivity index (χ3v) is 5.84. The van der Waals surface area contributed by atoms with E-state index in [1.807, 2.05) is 0 Å². The molecular formula is C17H31N3O. The van der Waals surface area contributed by atoms with E-state index in [9.17, 15) is 4.79 Å². The van der Waals surface area contributed by atoms with Crippen molar-refractivity contribution >= 4 is 5.91 Å². The summed E-state index contributed by atoms with van der Waals surface area (Å²) in [6.07, 6.45) is 9.03. The van der Waals surface area contributed by atoms with Gasteiger partial charge in [-0.05, 0) is 64.3 Å². The van der Waals surface area contributed by atoms with Gasteiger partial charge >= 0.3 is 0 Å². The number of nitrogens with zero attached hydrogens (tertiary/aromatic N) is 1. The fourth-order valence-electron chi connectivity index (χ4n) is 4.75. The molecule has 0 aromatic rings. The number of rotatable bonds is 6. The molecule has 120 valence electrons. The molecule has 1 heterocycles. The Balaban J connectivity index is 1.76. The van der Waals surface area contributed by atoms with Crippen LogP contribution in [-0.4, -0.2) is 41.5 Å². The first-order chi connectivity index (χ1) is 10.0. The molecule has 3 N–H and O–H groups in total. The topological polar surface area (TPSA) is 58.4 Å². The Morgan fingerprint density at radius 2 is 1.95 bits per heavy atom. The van der Waals surface area contributed by atoms with E-state index < -0.39 is 5.54 Å². The molecule has 2 saturated carbocycles. The SMILES string of the molecule is CC(C)NC(CN1CCC2CCCCC21)(C(N)=O)C1CC1. The van der Waals surface area contributed by atoms with Crippen molar-refractivity contribution in [3.63, 3.8) is 0 Å². The van der Waals surface area contributed by atoms with Crippen LogP contribution in [0.4, 0.5) is 0 Å². The van der Waals surface area contributed by atoms with E-state index in [1.54, 1.807) is 0 Å². The van der Waals surface area contributed by atoms with Gasteiger partial charge in [-0.15, -0.1) is 0 Å². The van der Waals surface area contributed by atoms with E-state index >= 15 is 0 Å². The Labute approximate surface area is 128 Å². The number of carbonyl (C=O) groups excluding carboxylic acids is 1. The molecule has 3 fully saturated rings. The van der Waals surface area contributed by atoms with Gasteiger partial charge in [0, 0.05) is 18.6 Å². The third kappa shape index (κ3) is 2.98. The number of primary amides is 1. The van der Waals surface area contributed by atoms with Gasteiger partial charge in [0.15, 0.2) is 0 Å². The monoisotopic (exact) mass is 293 g/mol. The molecule has 3 aliphatic rings. The Morgan fingerprint density at radius 1 is 1.24 bits per heavy atom. The number of likely N-dealkylation sites (tertiary alicyclic amines) is 1. The summed E-state index contributed by atoms with van der Waals surface area (Å²) in [6, 6.07) is 0.994. The van der Waals surface area contributed by atoms with Crippen LogP contribution in [0.25, 0.3) is 0 Å². The summed E-state index contributed by atoms with van der Waals surface area (Å²) in [5.74, 6) is 1.17. The van der Waals surface area contributed by atoms with Crippen LogP contribution in [0.3, 0.4) is 0 Å². The van der Waals surface area contributed by atoms with Gasteiger partial charge in [0.25, 0.3) is 0 Å². The van der Waals surface area contributed by atoms with E-state index in [1.165, 1.54) is 32.1 Å². The molecule has 1 saturated heterocycles. The van der Waals surface area contributed by atoms with Crippen LogP contribution in [0.1, 0.15) is 58.8 Å². The van der Waals surface area contributed by atoms with Crippen molar-refractivity contribution in [2.24, 2.45) is 17.6 Å². The summed E-state index contributed by atoms with van der Waals surface area (Å²) < 4.78 is 0. The lowest BCUT2D eigenvalue weighted by atomic mass is 9.84. The molecule has 0 spiro atoms. The Bertz CT molecular complexity index is 393. The minimum atomic E-state index is -0.500. The number of fused-ring (bicyclic) bond motifs is 1. The zero-order valence-electron chi connectivity index (χ0n) is 13.6. The van der Waals surface area contributed by atoms with Crippen LogP contribution < -0.4 is 11.1 Å².